The van der Waals surface area contributed by atoms with Gasteiger partial charge < -0.3 is 9.64 Å². The predicted molar refractivity (Wildman–Crippen MR) is 160 cm³/mol. The minimum atomic E-state index is -0.485. The molecule has 4 aromatic rings. The number of carbonyl (C=O) groups is 2. The van der Waals surface area contributed by atoms with Crippen molar-refractivity contribution in [3.8, 4) is 11.5 Å². The maximum atomic E-state index is 13.8. The van der Waals surface area contributed by atoms with Gasteiger partial charge in [0.15, 0.2) is 5.11 Å². The van der Waals surface area contributed by atoms with Crippen LogP contribution in [0.15, 0.2) is 109 Å². The molecule has 4 aromatic carbocycles. The van der Waals surface area contributed by atoms with Gasteiger partial charge in [0.1, 0.15) is 17.1 Å². The Morgan fingerprint density at radius 1 is 0.692 bits per heavy atom. The van der Waals surface area contributed by atoms with E-state index in [-0.39, 0.29) is 10.7 Å². The first-order valence-electron chi connectivity index (χ1n) is 12.4. The van der Waals surface area contributed by atoms with Crippen molar-refractivity contribution in [1.29, 1.82) is 0 Å². The molecule has 39 heavy (non-hydrogen) atoms. The van der Waals surface area contributed by atoms with Crippen LogP contribution >= 0.6 is 12.2 Å². The van der Waals surface area contributed by atoms with E-state index in [1.807, 2.05) is 92.6 Å². The number of rotatable bonds is 6. The minimum Gasteiger partial charge on any atom is -0.457 e. The van der Waals surface area contributed by atoms with E-state index < -0.39 is 11.8 Å². The van der Waals surface area contributed by atoms with Gasteiger partial charge in [-0.25, -0.2) is 0 Å². The second kappa shape index (κ2) is 10.9. The summed E-state index contributed by atoms with van der Waals surface area (Å²) in [5, 5.41) is 0.0866. The Morgan fingerprint density at radius 3 is 1.74 bits per heavy atom. The van der Waals surface area contributed by atoms with Crippen molar-refractivity contribution in [2.75, 3.05) is 28.8 Å². The first-order valence-corrected chi connectivity index (χ1v) is 12.8. The average molecular weight is 534 g/mol. The summed E-state index contributed by atoms with van der Waals surface area (Å²) in [6, 6.07) is 31.6. The van der Waals surface area contributed by atoms with Crippen molar-refractivity contribution in [3.63, 3.8) is 0 Å². The van der Waals surface area contributed by atoms with Gasteiger partial charge in [0, 0.05) is 19.8 Å². The molecule has 0 radical (unpaired) electrons. The molecule has 7 heteroatoms. The molecule has 0 N–H and O–H groups in total. The van der Waals surface area contributed by atoms with Crippen molar-refractivity contribution in [1.82, 2.24) is 0 Å². The summed E-state index contributed by atoms with van der Waals surface area (Å²) in [5.74, 6) is 0.375. The van der Waals surface area contributed by atoms with Crippen LogP contribution in [-0.4, -0.2) is 31.0 Å². The lowest BCUT2D eigenvalue weighted by Crippen LogP contribution is -2.56. The van der Waals surface area contributed by atoms with Crippen LogP contribution in [0.4, 0.5) is 17.1 Å². The molecular weight excluding hydrogens is 506 g/mol. The van der Waals surface area contributed by atoms with Gasteiger partial charge in [-0.2, -0.15) is 0 Å². The van der Waals surface area contributed by atoms with E-state index in [0.717, 1.165) is 16.8 Å². The number of amides is 2. The number of benzene rings is 4. The molecule has 2 amide bonds. The number of aryl methyl sites for hydroxylation is 1. The van der Waals surface area contributed by atoms with Crippen LogP contribution in [0.3, 0.4) is 0 Å². The zero-order chi connectivity index (χ0) is 27.5. The molecule has 1 fully saturated rings. The van der Waals surface area contributed by atoms with Gasteiger partial charge >= 0.3 is 0 Å². The lowest BCUT2D eigenvalue weighted by Gasteiger charge is -2.36. The molecule has 5 rings (SSSR count). The first-order chi connectivity index (χ1) is 18.8. The average Bonchev–Trinajstić information content (AvgIpc) is 2.94. The molecule has 1 aliphatic rings. The number of anilines is 3. The Bertz CT molecular complexity index is 1550. The highest BCUT2D eigenvalue weighted by Gasteiger charge is 2.41. The van der Waals surface area contributed by atoms with E-state index in [2.05, 4.69) is 0 Å². The van der Waals surface area contributed by atoms with E-state index >= 15 is 0 Å². The second-order valence-corrected chi connectivity index (χ2v) is 9.72. The van der Waals surface area contributed by atoms with Crippen LogP contribution < -0.4 is 19.4 Å². The molecule has 194 valence electrons. The van der Waals surface area contributed by atoms with Gasteiger partial charge in [-0.1, -0.05) is 48.0 Å². The van der Waals surface area contributed by atoms with Gasteiger partial charge in [-0.3, -0.25) is 19.4 Å². The molecule has 0 spiro atoms. The maximum Gasteiger partial charge on any atom is 0.270 e. The van der Waals surface area contributed by atoms with Crippen LogP contribution in [0, 0.1) is 6.92 Å². The number of hydrogen-bond donors (Lipinski definition) is 0. The quantitative estimate of drug-likeness (QED) is 0.159. The maximum absolute atomic E-state index is 13.8. The van der Waals surface area contributed by atoms with E-state index in [1.54, 1.807) is 42.5 Å². The largest absolute Gasteiger partial charge is 0.457 e. The Morgan fingerprint density at radius 2 is 1.21 bits per heavy atom. The summed E-state index contributed by atoms with van der Waals surface area (Å²) < 4.78 is 5.95. The Labute approximate surface area is 233 Å². The number of para-hydroxylation sites is 1. The van der Waals surface area contributed by atoms with Gasteiger partial charge in [0.05, 0.1) is 11.4 Å². The number of hydrogen-bond acceptors (Lipinski definition) is 5. The molecule has 0 aromatic heterocycles. The highest BCUT2D eigenvalue weighted by atomic mass is 32.1. The van der Waals surface area contributed by atoms with Crippen molar-refractivity contribution >= 4 is 52.3 Å². The minimum absolute atomic E-state index is 0.0186. The van der Waals surface area contributed by atoms with E-state index in [9.17, 15) is 9.59 Å². The van der Waals surface area contributed by atoms with Crippen LogP contribution in [0.1, 0.15) is 11.1 Å². The molecule has 6 nitrogen and oxygen atoms in total. The summed E-state index contributed by atoms with van der Waals surface area (Å²) in [4.78, 5) is 32.2. The number of thiocarbonyl (C=S) groups is 1. The summed E-state index contributed by atoms with van der Waals surface area (Å²) >= 11 is 5.73. The molecule has 0 bridgehead atoms. The number of nitrogens with zero attached hydrogens (tertiary/aromatic N) is 3. The zero-order valence-electron chi connectivity index (χ0n) is 21.9. The van der Waals surface area contributed by atoms with Crippen LogP contribution in [-0.2, 0) is 9.59 Å². The molecule has 0 atom stereocenters. The van der Waals surface area contributed by atoms with Crippen LogP contribution in [0.2, 0.25) is 0 Å². The second-order valence-electron chi connectivity index (χ2n) is 9.35. The summed E-state index contributed by atoms with van der Waals surface area (Å²) in [7, 11) is 3.91. The van der Waals surface area contributed by atoms with Gasteiger partial charge in [-0.05, 0) is 91.4 Å². The lowest BCUT2D eigenvalue weighted by molar-refractivity contribution is -0.120. The van der Waals surface area contributed by atoms with Crippen molar-refractivity contribution in [3.05, 3.63) is 120 Å². The molecule has 0 aliphatic carbocycles. The Balaban J connectivity index is 1.51. The highest BCUT2D eigenvalue weighted by Crippen LogP contribution is 2.32. The molecule has 1 aliphatic heterocycles. The third-order valence-corrected chi connectivity index (χ3v) is 6.70. The molecular formula is C32H27N3O3S. The van der Waals surface area contributed by atoms with Crippen molar-refractivity contribution < 1.29 is 14.3 Å². The van der Waals surface area contributed by atoms with Gasteiger partial charge in [0.2, 0.25) is 0 Å². The zero-order valence-corrected chi connectivity index (χ0v) is 22.7. The third kappa shape index (κ3) is 5.44. The molecule has 1 heterocycles. The fraction of sp³-hybridized carbons (Fsp3) is 0.0938. The number of carbonyl (C=O) groups excluding carboxylic acids is 2. The fourth-order valence-corrected chi connectivity index (χ4v) is 4.58. The van der Waals surface area contributed by atoms with E-state index in [4.69, 9.17) is 17.0 Å². The van der Waals surface area contributed by atoms with Crippen LogP contribution in [0.25, 0.3) is 6.08 Å². The topological polar surface area (TPSA) is 53.1 Å². The van der Waals surface area contributed by atoms with Crippen molar-refractivity contribution in [2.24, 2.45) is 0 Å². The van der Waals surface area contributed by atoms with Crippen LogP contribution in [0.5, 0.6) is 11.5 Å². The highest BCUT2D eigenvalue weighted by molar-refractivity contribution is 7.81. The van der Waals surface area contributed by atoms with E-state index in [1.165, 1.54) is 9.80 Å². The SMILES string of the molecule is Cc1ccc(Oc2ccc(N3C(=O)C(=Cc4ccc(N(C)C)cc4)C(=O)N(c4ccccc4)C3=S)cc2)cc1. The smallest absolute Gasteiger partial charge is 0.270 e. The number of ether oxygens (including phenoxy) is 1. The van der Waals surface area contributed by atoms with Gasteiger partial charge in [-0.15, -0.1) is 0 Å². The Hall–Kier alpha value is -4.75. The standard InChI is InChI=1S/C32H27N3O3S/c1-22-9-17-27(18-10-22)38-28-19-15-26(16-20-28)35-31(37)29(21-23-11-13-24(14-12-23)33(2)3)30(36)34(32(35)39)25-7-5-4-6-8-25/h4-21H,1-3H3. The normalized spacial score (nSPS) is 14.6. The first kappa shape index (κ1) is 25.9. The predicted octanol–water partition coefficient (Wildman–Crippen LogP) is 6.60. The molecule has 0 unspecified atom stereocenters. The summed E-state index contributed by atoms with van der Waals surface area (Å²) in [5.41, 5.74) is 4.02. The van der Waals surface area contributed by atoms with Crippen molar-refractivity contribution in [2.45, 2.75) is 6.92 Å². The fourth-order valence-electron chi connectivity index (χ4n) is 4.20. The summed E-state index contributed by atoms with van der Waals surface area (Å²) in [6.07, 6.45) is 1.61. The Kier molecular flexibility index (Phi) is 7.25. The third-order valence-electron chi connectivity index (χ3n) is 6.34. The lowest BCUT2D eigenvalue weighted by atomic mass is 10.0. The summed E-state index contributed by atoms with van der Waals surface area (Å²) in [6.45, 7) is 2.02. The molecule has 1 saturated heterocycles. The monoisotopic (exact) mass is 533 g/mol. The van der Waals surface area contributed by atoms with E-state index in [0.29, 0.717) is 22.9 Å². The molecule has 0 saturated carbocycles. The van der Waals surface area contributed by atoms with Gasteiger partial charge in [0.25, 0.3) is 11.8 Å².